The molecule has 8 heteroatoms. The van der Waals surface area contributed by atoms with Gasteiger partial charge in [0.25, 0.3) is 0 Å². The maximum absolute atomic E-state index is 12.1. The van der Waals surface area contributed by atoms with Crippen LogP contribution in [0.3, 0.4) is 0 Å². The predicted octanol–water partition coefficient (Wildman–Crippen LogP) is 4.32. The number of aliphatic hydroxyl groups is 1. The Morgan fingerprint density at radius 3 is 2.85 bits per heavy atom. The number of pyridine rings is 1. The zero-order chi connectivity index (χ0) is 19.2. The average Bonchev–Trinajstić information content (AvgIpc) is 3.22. The van der Waals surface area contributed by atoms with Gasteiger partial charge < -0.3 is 14.6 Å². The molecule has 0 fully saturated rings. The molecule has 0 saturated heterocycles. The van der Waals surface area contributed by atoms with Crippen molar-refractivity contribution >= 4 is 28.9 Å². The lowest BCUT2D eigenvalue weighted by molar-refractivity contribution is -0.141. The van der Waals surface area contributed by atoms with Crippen LogP contribution in [0.15, 0.2) is 66.3 Å². The van der Waals surface area contributed by atoms with Gasteiger partial charge in [-0.3, -0.25) is 0 Å². The Bertz CT molecular complexity index is 929. The van der Waals surface area contributed by atoms with Crippen molar-refractivity contribution in [2.45, 2.75) is 12.7 Å². The van der Waals surface area contributed by atoms with Crippen molar-refractivity contribution in [3.63, 3.8) is 0 Å². The number of thiazole rings is 1. The summed E-state index contributed by atoms with van der Waals surface area (Å²) in [4.78, 5) is 20.1. The first kappa shape index (κ1) is 19.0. The molecule has 0 saturated carbocycles. The molecule has 0 spiro atoms. The molecule has 1 aromatic carbocycles. The van der Waals surface area contributed by atoms with Crippen LogP contribution in [0.25, 0.3) is 0 Å². The lowest BCUT2D eigenvalue weighted by Crippen LogP contribution is -2.13. The van der Waals surface area contributed by atoms with Gasteiger partial charge in [-0.25, -0.2) is 14.8 Å². The molecule has 0 aliphatic carbocycles. The summed E-state index contributed by atoms with van der Waals surface area (Å²) in [5.74, 6) is 0.247. The quantitative estimate of drug-likeness (QED) is 0.468. The number of benzene rings is 1. The fourth-order valence-electron chi connectivity index (χ4n) is 2.11. The highest BCUT2D eigenvalue weighted by atomic mass is 35.5. The Labute approximate surface area is 164 Å². The molecule has 3 rings (SSSR count). The second kappa shape index (κ2) is 8.77. The number of aliphatic hydroxyl groups excluding tert-OH is 1. The van der Waals surface area contributed by atoms with Gasteiger partial charge in [-0.05, 0) is 23.8 Å². The molecule has 1 N–H and O–H groups in total. The minimum Gasteiger partial charge on any atom is -0.457 e. The summed E-state index contributed by atoms with van der Waals surface area (Å²) in [6.07, 6.45) is 1.85. The van der Waals surface area contributed by atoms with Crippen LogP contribution in [-0.4, -0.2) is 21.0 Å². The van der Waals surface area contributed by atoms with E-state index >= 15 is 0 Å². The van der Waals surface area contributed by atoms with Gasteiger partial charge in [0.2, 0.25) is 5.88 Å². The first-order valence-electron chi connectivity index (χ1n) is 7.84. The number of aromatic nitrogens is 2. The van der Waals surface area contributed by atoms with Gasteiger partial charge in [0.05, 0.1) is 10.6 Å². The van der Waals surface area contributed by atoms with Crippen LogP contribution < -0.4 is 4.74 Å². The molecule has 2 aromatic heterocycles. The summed E-state index contributed by atoms with van der Waals surface area (Å²) in [6, 6.07) is 10.4. The maximum atomic E-state index is 12.1. The van der Waals surface area contributed by atoms with Crippen molar-refractivity contribution in [3.05, 3.63) is 81.9 Å². The normalized spacial score (nSPS) is 11.6. The molecule has 0 radical (unpaired) electrons. The van der Waals surface area contributed by atoms with Gasteiger partial charge >= 0.3 is 5.97 Å². The first-order chi connectivity index (χ1) is 13.0. The number of ether oxygens (including phenoxy) is 2. The van der Waals surface area contributed by atoms with Gasteiger partial charge in [0, 0.05) is 23.8 Å². The third kappa shape index (κ3) is 5.13. The van der Waals surface area contributed by atoms with Crippen LogP contribution >= 0.6 is 22.9 Å². The highest BCUT2D eigenvalue weighted by molar-refractivity contribution is 7.09. The smallest absolute Gasteiger partial charge is 0.336 e. The third-order valence-electron chi connectivity index (χ3n) is 3.47. The van der Waals surface area contributed by atoms with Crippen LogP contribution in [0.1, 0.15) is 16.7 Å². The molecule has 3 aromatic rings. The highest BCUT2D eigenvalue weighted by Crippen LogP contribution is 2.24. The van der Waals surface area contributed by atoms with Gasteiger partial charge in [-0.1, -0.05) is 30.3 Å². The van der Waals surface area contributed by atoms with Gasteiger partial charge in [-0.15, -0.1) is 11.3 Å². The molecule has 138 valence electrons. The van der Waals surface area contributed by atoms with Crippen LogP contribution in [0.5, 0.6) is 11.6 Å². The minimum absolute atomic E-state index is 0.00763. The third-order valence-corrected chi connectivity index (χ3v) is 4.52. The molecule has 1 unspecified atom stereocenters. The SMILES string of the molecule is C=C(C(=O)OCc1cccc(Oc2ccc(Cl)cn2)c1)C(O)c1nccs1. The summed E-state index contributed by atoms with van der Waals surface area (Å²) < 4.78 is 10.9. The Hall–Kier alpha value is -2.74. The monoisotopic (exact) mass is 402 g/mol. The number of halogens is 1. The zero-order valence-corrected chi connectivity index (χ0v) is 15.6. The van der Waals surface area contributed by atoms with E-state index in [1.165, 1.54) is 17.5 Å². The van der Waals surface area contributed by atoms with Crippen LogP contribution in [0, 0.1) is 0 Å². The Balaban J connectivity index is 1.58. The number of hydrogen-bond acceptors (Lipinski definition) is 7. The first-order valence-corrected chi connectivity index (χ1v) is 9.10. The zero-order valence-electron chi connectivity index (χ0n) is 14.0. The van der Waals surface area contributed by atoms with E-state index in [1.807, 2.05) is 0 Å². The Kier molecular flexibility index (Phi) is 6.18. The standard InChI is InChI=1S/C19H15ClN2O4S/c1-12(17(23)18-21-7-8-27-18)19(24)25-11-13-3-2-4-15(9-13)26-16-6-5-14(20)10-22-16/h2-10,17,23H,1,11H2. The fraction of sp³-hybridized carbons (Fsp3) is 0.105. The molecule has 0 amide bonds. The highest BCUT2D eigenvalue weighted by Gasteiger charge is 2.21. The molecule has 0 bridgehead atoms. The van der Waals surface area contributed by atoms with Crippen LogP contribution in [0.4, 0.5) is 0 Å². The van der Waals surface area contributed by atoms with Gasteiger partial charge in [-0.2, -0.15) is 0 Å². The lowest BCUT2D eigenvalue weighted by Gasteiger charge is -2.11. The Morgan fingerprint density at radius 1 is 1.30 bits per heavy atom. The summed E-state index contributed by atoms with van der Waals surface area (Å²) >= 11 is 7.03. The average molecular weight is 403 g/mol. The topological polar surface area (TPSA) is 81.5 Å². The number of nitrogens with zero attached hydrogens (tertiary/aromatic N) is 2. The van der Waals surface area contributed by atoms with Gasteiger partial charge in [0.1, 0.15) is 23.5 Å². The molecular formula is C19H15ClN2O4S. The van der Waals surface area contributed by atoms with Crippen molar-refractivity contribution in [1.82, 2.24) is 9.97 Å². The molecule has 0 aliphatic heterocycles. The van der Waals surface area contributed by atoms with E-state index < -0.39 is 12.1 Å². The number of carbonyl (C=O) groups excluding carboxylic acids is 1. The predicted molar refractivity (Wildman–Crippen MR) is 102 cm³/mol. The van der Waals surface area contributed by atoms with E-state index in [-0.39, 0.29) is 12.2 Å². The van der Waals surface area contributed by atoms with Crippen molar-refractivity contribution in [2.75, 3.05) is 0 Å². The van der Waals surface area contributed by atoms with Crippen molar-refractivity contribution in [2.24, 2.45) is 0 Å². The second-order valence-electron chi connectivity index (χ2n) is 5.44. The number of esters is 1. The number of carbonyl (C=O) groups is 1. The lowest BCUT2D eigenvalue weighted by atomic mass is 10.2. The minimum atomic E-state index is -1.18. The molecule has 1 atom stereocenters. The summed E-state index contributed by atoms with van der Waals surface area (Å²) in [6.45, 7) is 3.61. The maximum Gasteiger partial charge on any atom is 0.336 e. The molecule has 27 heavy (non-hydrogen) atoms. The van der Waals surface area contributed by atoms with Crippen molar-refractivity contribution < 1.29 is 19.4 Å². The summed E-state index contributed by atoms with van der Waals surface area (Å²) in [7, 11) is 0. The van der Waals surface area contributed by atoms with E-state index in [0.717, 1.165) is 0 Å². The molecular weight excluding hydrogens is 388 g/mol. The molecule has 2 heterocycles. The van der Waals surface area contributed by atoms with E-state index in [2.05, 4.69) is 16.5 Å². The second-order valence-corrected chi connectivity index (χ2v) is 6.80. The van der Waals surface area contributed by atoms with Crippen molar-refractivity contribution in [1.29, 1.82) is 0 Å². The summed E-state index contributed by atoms with van der Waals surface area (Å²) in [5, 5.41) is 12.7. The summed E-state index contributed by atoms with van der Waals surface area (Å²) in [5.41, 5.74) is 0.647. The van der Waals surface area contributed by atoms with E-state index in [9.17, 15) is 9.90 Å². The molecule has 6 nitrogen and oxygen atoms in total. The number of rotatable bonds is 7. The van der Waals surface area contributed by atoms with Crippen molar-refractivity contribution in [3.8, 4) is 11.6 Å². The van der Waals surface area contributed by atoms with Gasteiger partial charge in [0.15, 0.2) is 0 Å². The van der Waals surface area contributed by atoms with E-state index in [1.54, 1.807) is 48.0 Å². The fourth-order valence-corrected chi connectivity index (χ4v) is 2.88. The largest absolute Gasteiger partial charge is 0.457 e. The molecule has 0 aliphatic rings. The van der Waals surface area contributed by atoms with E-state index in [0.29, 0.717) is 27.2 Å². The Morgan fingerprint density at radius 2 is 2.15 bits per heavy atom. The van der Waals surface area contributed by atoms with Crippen LogP contribution in [0.2, 0.25) is 5.02 Å². The number of hydrogen-bond donors (Lipinski definition) is 1. The van der Waals surface area contributed by atoms with E-state index in [4.69, 9.17) is 21.1 Å². The van der Waals surface area contributed by atoms with Crippen LogP contribution in [-0.2, 0) is 16.1 Å².